The van der Waals surface area contributed by atoms with Gasteiger partial charge in [-0.25, -0.2) is 0 Å². The molecule has 160 valence electrons. The lowest BCUT2D eigenvalue weighted by Gasteiger charge is -2.26. The van der Waals surface area contributed by atoms with Crippen LogP contribution in [0.15, 0.2) is 29.3 Å². The van der Waals surface area contributed by atoms with Crippen molar-refractivity contribution in [2.24, 2.45) is 0 Å². The molecule has 0 amide bonds. The summed E-state index contributed by atoms with van der Waals surface area (Å²) in [5.74, 6) is 0.331. The van der Waals surface area contributed by atoms with Crippen LogP contribution in [0, 0.1) is 0 Å². The van der Waals surface area contributed by atoms with Crippen LogP contribution in [0.25, 0.3) is 0 Å². The summed E-state index contributed by atoms with van der Waals surface area (Å²) < 4.78 is 5.74. The normalized spacial score (nSPS) is 23.1. The molecule has 0 radical (unpaired) electrons. The molecule has 30 heavy (non-hydrogen) atoms. The number of aromatic amines is 1. The monoisotopic (exact) mass is 416 g/mol. The number of carbonyl (C=O) groups excluding carboxylic acids is 1. The van der Waals surface area contributed by atoms with Crippen LogP contribution in [0.4, 0.5) is 17.5 Å². The molecular formula is C19H24N6O5. The molecule has 1 fully saturated rings. The number of carbonyl (C=O) groups is 1. The Morgan fingerprint density at radius 3 is 2.97 bits per heavy atom. The molecule has 0 aliphatic carbocycles. The molecule has 1 saturated heterocycles. The number of anilines is 3. The number of nitrogens with two attached hydrogens (primary N) is 1. The minimum Gasteiger partial charge on any atom is -0.394 e. The summed E-state index contributed by atoms with van der Waals surface area (Å²) in [5, 5.41) is 19.4. The van der Waals surface area contributed by atoms with Crippen LogP contribution in [-0.2, 0) is 4.74 Å². The first kappa shape index (κ1) is 20.3. The third kappa shape index (κ3) is 3.86. The second-order valence-electron chi connectivity index (χ2n) is 7.38. The highest BCUT2D eigenvalue weighted by Crippen LogP contribution is 2.36. The lowest BCUT2D eigenvalue weighted by Crippen LogP contribution is -2.39. The van der Waals surface area contributed by atoms with Crippen molar-refractivity contribution < 1.29 is 19.7 Å². The van der Waals surface area contributed by atoms with Gasteiger partial charge in [-0.3, -0.25) is 19.6 Å². The van der Waals surface area contributed by atoms with Gasteiger partial charge in [-0.2, -0.15) is 4.98 Å². The summed E-state index contributed by atoms with van der Waals surface area (Å²) >= 11 is 0. The van der Waals surface area contributed by atoms with Gasteiger partial charge in [0.2, 0.25) is 5.95 Å². The Bertz CT molecular complexity index is 968. The molecule has 0 bridgehead atoms. The van der Waals surface area contributed by atoms with Crippen LogP contribution in [0.2, 0.25) is 0 Å². The maximum Gasteiger partial charge on any atom is 0.278 e. The summed E-state index contributed by atoms with van der Waals surface area (Å²) in [6, 6.07) is 3.44. The molecular weight excluding hydrogens is 392 g/mol. The molecule has 2 aliphatic heterocycles. The fraction of sp³-hybridized carbons (Fsp3) is 0.474. The van der Waals surface area contributed by atoms with E-state index in [-0.39, 0.29) is 30.3 Å². The predicted molar refractivity (Wildman–Crippen MR) is 108 cm³/mol. The number of hydrogen-bond acceptors (Lipinski definition) is 10. The van der Waals surface area contributed by atoms with Crippen molar-refractivity contribution in [3.63, 3.8) is 0 Å². The first-order valence-electron chi connectivity index (χ1n) is 9.77. The van der Waals surface area contributed by atoms with Gasteiger partial charge in [-0.15, -0.1) is 0 Å². The molecule has 0 aromatic carbocycles. The van der Waals surface area contributed by atoms with E-state index in [1.54, 1.807) is 23.2 Å². The largest absolute Gasteiger partial charge is 0.394 e. The molecule has 3 atom stereocenters. The van der Waals surface area contributed by atoms with Gasteiger partial charge in [-0.05, 0) is 18.6 Å². The molecule has 2 aromatic heterocycles. The van der Waals surface area contributed by atoms with E-state index >= 15 is 0 Å². The topological polar surface area (TPSA) is 158 Å². The molecule has 0 unspecified atom stereocenters. The van der Waals surface area contributed by atoms with Crippen LogP contribution in [-0.4, -0.2) is 69.2 Å². The zero-order valence-electron chi connectivity index (χ0n) is 16.3. The van der Waals surface area contributed by atoms with Gasteiger partial charge in [0.15, 0.2) is 11.6 Å². The van der Waals surface area contributed by atoms with Crippen molar-refractivity contribution in [2.45, 2.75) is 37.7 Å². The van der Waals surface area contributed by atoms with Gasteiger partial charge < -0.3 is 30.5 Å². The van der Waals surface area contributed by atoms with E-state index in [2.05, 4.69) is 15.0 Å². The number of aliphatic hydroxyl groups excluding tert-OH is 2. The van der Waals surface area contributed by atoms with Gasteiger partial charge in [-0.1, -0.05) is 0 Å². The number of aliphatic hydroxyl groups is 2. The van der Waals surface area contributed by atoms with Crippen LogP contribution < -0.4 is 21.1 Å². The lowest BCUT2D eigenvalue weighted by molar-refractivity contribution is -0.0220. The second kappa shape index (κ2) is 8.38. The van der Waals surface area contributed by atoms with Gasteiger partial charge in [0.05, 0.1) is 19.4 Å². The molecule has 2 aromatic rings. The minimum atomic E-state index is -0.811. The third-order valence-corrected chi connectivity index (χ3v) is 5.35. The average molecular weight is 416 g/mol. The molecule has 4 rings (SSSR count). The number of fused-ring (bicyclic) bond motifs is 1. The molecule has 2 aliphatic rings. The van der Waals surface area contributed by atoms with E-state index < -0.39 is 18.4 Å². The number of pyridine rings is 1. The van der Waals surface area contributed by atoms with Gasteiger partial charge in [0.25, 0.3) is 5.56 Å². The number of Topliss-reactive ketones (excluding diaryl/α,β-unsaturated/α-hetero) is 1. The van der Waals surface area contributed by atoms with Crippen molar-refractivity contribution in [1.29, 1.82) is 0 Å². The van der Waals surface area contributed by atoms with E-state index in [4.69, 9.17) is 10.5 Å². The summed E-state index contributed by atoms with van der Waals surface area (Å²) in [4.78, 5) is 39.2. The zero-order valence-corrected chi connectivity index (χ0v) is 16.3. The second-order valence-corrected chi connectivity index (χ2v) is 7.38. The Balaban J connectivity index is 1.48. The minimum absolute atomic E-state index is 0.0169. The number of hydrogen-bond donors (Lipinski definition) is 4. The van der Waals surface area contributed by atoms with E-state index in [0.717, 1.165) is 0 Å². The Kier molecular flexibility index (Phi) is 5.66. The van der Waals surface area contributed by atoms with E-state index in [0.29, 0.717) is 43.1 Å². The van der Waals surface area contributed by atoms with Crippen LogP contribution in [0.1, 0.15) is 29.6 Å². The fourth-order valence-electron chi connectivity index (χ4n) is 3.86. The fourth-order valence-corrected chi connectivity index (χ4v) is 3.86. The third-order valence-electron chi connectivity index (χ3n) is 5.35. The number of aromatic nitrogens is 3. The van der Waals surface area contributed by atoms with Crippen molar-refractivity contribution in [3.05, 3.63) is 40.4 Å². The first-order chi connectivity index (χ1) is 14.5. The highest BCUT2D eigenvalue weighted by Gasteiger charge is 2.42. The summed E-state index contributed by atoms with van der Waals surface area (Å²) in [7, 11) is 0. The van der Waals surface area contributed by atoms with E-state index in [1.165, 1.54) is 6.20 Å². The smallest absolute Gasteiger partial charge is 0.278 e. The Morgan fingerprint density at radius 2 is 2.27 bits per heavy atom. The number of nitrogens with zero attached hydrogens (tertiary/aromatic N) is 4. The number of ketones is 1. The Morgan fingerprint density at radius 1 is 1.43 bits per heavy atom. The summed E-state index contributed by atoms with van der Waals surface area (Å²) in [5.41, 5.74) is 6.25. The van der Waals surface area contributed by atoms with Crippen molar-refractivity contribution in [1.82, 2.24) is 15.0 Å². The SMILES string of the molecule is Nc1nc2c(c(=O)[nH]1)N(CCCC(=O)c1cccnc1)CN2[C@H]1C[C@H](O)[C@@H](CO)O1. The molecule has 11 nitrogen and oxygen atoms in total. The summed E-state index contributed by atoms with van der Waals surface area (Å²) in [6.07, 6.45) is 2.20. The average Bonchev–Trinajstić information content (AvgIpc) is 3.28. The predicted octanol–water partition coefficient (Wildman–Crippen LogP) is -0.538. The highest BCUT2D eigenvalue weighted by atomic mass is 16.5. The molecule has 0 saturated carbocycles. The zero-order chi connectivity index (χ0) is 21.3. The van der Waals surface area contributed by atoms with Gasteiger partial charge in [0.1, 0.15) is 18.0 Å². The standard InChI is InChI=1S/C19H24N6O5/c20-19-22-17-16(18(29)23-19)24(6-2-4-12(27)11-3-1-5-21-8-11)10-25(17)15-7-13(28)14(9-26)30-15/h1,3,5,8,13-15,26,28H,2,4,6-7,9-10H2,(H3,20,22,23,29)/t13-,14+,15+/m0/s1. The number of rotatable bonds is 7. The summed E-state index contributed by atoms with van der Waals surface area (Å²) in [6.45, 7) is 0.442. The van der Waals surface area contributed by atoms with Crippen molar-refractivity contribution >= 4 is 23.2 Å². The van der Waals surface area contributed by atoms with E-state index in [1.807, 2.05) is 4.90 Å². The van der Waals surface area contributed by atoms with E-state index in [9.17, 15) is 19.8 Å². The van der Waals surface area contributed by atoms with Crippen LogP contribution in [0.3, 0.4) is 0 Å². The molecule has 0 spiro atoms. The maximum absolute atomic E-state index is 12.6. The Hall–Kier alpha value is -3.02. The highest BCUT2D eigenvalue weighted by molar-refractivity contribution is 5.95. The Labute approximate surface area is 172 Å². The molecule has 5 N–H and O–H groups in total. The number of H-pyrrole nitrogens is 1. The van der Waals surface area contributed by atoms with Gasteiger partial charge in [0, 0.05) is 37.3 Å². The van der Waals surface area contributed by atoms with Crippen molar-refractivity contribution in [3.8, 4) is 0 Å². The number of nitrogens with one attached hydrogen (secondary N) is 1. The first-order valence-corrected chi connectivity index (χ1v) is 9.77. The maximum atomic E-state index is 12.6. The van der Waals surface area contributed by atoms with Crippen LogP contribution >= 0.6 is 0 Å². The van der Waals surface area contributed by atoms with Crippen LogP contribution in [0.5, 0.6) is 0 Å². The molecule has 11 heteroatoms. The number of ether oxygens (including phenoxy) is 1. The van der Waals surface area contributed by atoms with Gasteiger partial charge >= 0.3 is 0 Å². The lowest BCUT2D eigenvalue weighted by atomic mass is 10.1. The molecule has 4 heterocycles. The quantitative estimate of drug-likeness (QED) is 0.432. The number of nitrogen functional groups attached to an aromatic ring is 1. The van der Waals surface area contributed by atoms with Crippen molar-refractivity contribution in [2.75, 3.05) is 35.4 Å².